The molecule has 1 amide bonds. The van der Waals surface area contributed by atoms with E-state index in [-0.39, 0.29) is 5.91 Å². The number of halogens is 3. The Labute approximate surface area is 143 Å². The number of rotatable bonds is 2. The van der Waals surface area contributed by atoms with Crippen LogP contribution in [0.25, 0.3) is 0 Å². The molecule has 2 aromatic rings. The molecule has 0 aliphatic heterocycles. The Morgan fingerprint density at radius 2 is 2.05 bits per heavy atom. The van der Waals surface area contributed by atoms with Gasteiger partial charge in [-0.25, -0.2) is 0 Å². The van der Waals surface area contributed by atoms with Crippen molar-refractivity contribution in [2.24, 2.45) is 0 Å². The molecule has 0 saturated carbocycles. The van der Waals surface area contributed by atoms with Crippen molar-refractivity contribution in [2.75, 3.05) is 5.32 Å². The molecule has 0 saturated heterocycles. The first-order valence-electron chi connectivity index (χ1n) is 5.47. The van der Waals surface area contributed by atoms with Crippen molar-refractivity contribution in [3.05, 3.63) is 60.6 Å². The van der Waals surface area contributed by atoms with Crippen molar-refractivity contribution < 1.29 is 4.79 Å². The van der Waals surface area contributed by atoms with Crippen molar-refractivity contribution in [3.63, 3.8) is 0 Å². The number of hydrogen-bond acceptors (Lipinski definition) is 2. The number of carbonyl (C=O) groups is 1. The first-order chi connectivity index (χ1) is 9.51. The van der Waals surface area contributed by atoms with Crippen LogP contribution in [0.4, 0.5) is 5.69 Å². The third kappa shape index (κ3) is 3.51. The van der Waals surface area contributed by atoms with Crippen molar-refractivity contribution in [1.82, 2.24) is 0 Å². The second-order valence-corrected chi connectivity index (χ2v) is 6.37. The Balaban J connectivity index is 2.28. The number of nitrogens with one attached hydrogen (secondary N) is 1. The van der Waals surface area contributed by atoms with E-state index >= 15 is 0 Å². The van der Waals surface area contributed by atoms with Crippen LogP contribution in [0.15, 0.2) is 40.9 Å². The topological polar surface area (TPSA) is 52.9 Å². The fraction of sp³-hybridized carbons (Fsp3) is 0. The summed E-state index contributed by atoms with van der Waals surface area (Å²) in [4.78, 5) is 12.2. The molecule has 0 atom stereocenters. The van der Waals surface area contributed by atoms with Crippen LogP contribution < -0.4 is 5.32 Å². The largest absolute Gasteiger partial charge is 0.322 e. The molecule has 2 rings (SSSR count). The van der Waals surface area contributed by atoms with Gasteiger partial charge in [0.05, 0.1) is 16.1 Å². The molecule has 100 valence electrons. The summed E-state index contributed by atoms with van der Waals surface area (Å²) in [5.74, 6) is -0.234. The van der Waals surface area contributed by atoms with Crippen LogP contribution in [0.1, 0.15) is 15.9 Å². The predicted molar refractivity (Wildman–Crippen MR) is 91.0 cm³/mol. The highest BCUT2D eigenvalue weighted by Gasteiger charge is 2.11. The Hall–Kier alpha value is -1.10. The minimum Gasteiger partial charge on any atom is -0.322 e. The van der Waals surface area contributed by atoms with E-state index in [0.29, 0.717) is 21.8 Å². The Bertz CT molecular complexity index is 728. The van der Waals surface area contributed by atoms with Crippen LogP contribution in [0.5, 0.6) is 0 Å². The highest BCUT2D eigenvalue weighted by Crippen LogP contribution is 2.22. The molecule has 0 aromatic heterocycles. The molecule has 0 bridgehead atoms. The summed E-state index contributed by atoms with van der Waals surface area (Å²) >= 11 is 11.3. The summed E-state index contributed by atoms with van der Waals surface area (Å²) in [7, 11) is 0. The normalized spacial score (nSPS) is 9.90. The van der Waals surface area contributed by atoms with Crippen LogP contribution in [0.2, 0.25) is 5.02 Å². The Morgan fingerprint density at radius 1 is 1.30 bits per heavy atom. The second kappa shape index (κ2) is 6.57. The van der Waals surface area contributed by atoms with E-state index in [0.717, 1.165) is 8.04 Å². The zero-order chi connectivity index (χ0) is 14.7. The molecule has 0 radical (unpaired) electrons. The maximum Gasteiger partial charge on any atom is 0.256 e. The standard InChI is InChI=1S/C14H7BrClIN2O/c15-9-1-4-13(17)11(6-9)14(20)19-10-2-3-12(16)8(5-10)7-18/h1-6H,(H,19,20). The predicted octanol–water partition coefficient (Wildman–Crippen LogP) is 4.83. The molecular formula is C14H7BrClIN2O. The molecule has 3 nitrogen and oxygen atoms in total. The third-order valence-electron chi connectivity index (χ3n) is 2.52. The fourth-order valence-corrected chi connectivity index (χ4v) is 2.66. The van der Waals surface area contributed by atoms with Gasteiger partial charge in [-0.2, -0.15) is 5.26 Å². The smallest absolute Gasteiger partial charge is 0.256 e. The summed E-state index contributed by atoms with van der Waals surface area (Å²) < 4.78 is 1.68. The van der Waals surface area contributed by atoms with Crippen LogP contribution in [0.3, 0.4) is 0 Å². The van der Waals surface area contributed by atoms with Gasteiger partial charge in [0.15, 0.2) is 0 Å². The molecule has 6 heteroatoms. The lowest BCUT2D eigenvalue weighted by molar-refractivity contribution is 0.102. The SMILES string of the molecule is N#Cc1cc(NC(=O)c2cc(Br)ccc2I)ccc1Cl. The Morgan fingerprint density at radius 3 is 2.75 bits per heavy atom. The molecule has 0 unspecified atom stereocenters. The molecule has 0 spiro atoms. The lowest BCUT2D eigenvalue weighted by Crippen LogP contribution is -2.13. The second-order valence-electron chi connectivity index (χ2n) is 3.88. The summed E-state index contributed by atoms with van der Waals surface area (Å²) in [5, 5.41) is 12.0. The van der Waals surface area contributed by atoms with Crippen molar-refractivity contribution >= 4 is 61.7 Å². The van der Waals surface area contributed by atoms with Gasteiger partial charge in [0, 0.05) is 13.7 Å². The van der Waals surface area contributed by atoms with E-state index in [1.165, 1.54) is 0 Å². The summed E-state index contributed by atoms with van der Waals surface area (Å²) in [6, 6.07) is 12.2. The zero-order valence-corrected chi connectivity index (χ0v) is 14.5. The molecular weight excluding hydrogens is 454 g/mol. The first-order valence-corrected chi connectivity index (χ1v) is 7.72. The highest BCUT2D eigenvalue weighted by atomic mass is 127. The van der Waals surface area contributed by atoms with Crippen molar-refractivity contribution in [1.29, 1.82) is 5.26 Å². The molecule has 0 heterocycles. The maximum atomic E-state index is 12.2. The van der Waals surface area contributed by atoms with Gasteiger partial charge >= 0.3 is 0 Å². The zero-order valence-electron chi connectivity index (χ0n) is 9.95. The van der Waals surface area contributed by atoms with Crippen LogP contribution in [0, 0.1) is 14.9 Å². The first kappa shape index (κ1) is 15.3. The van der Waals surface area contributed by atoms with E-state index < -0.39 is 0 Å². The number of carbonyl (C=O) groups excluding carboxylic acids is 1. The van der Waals surface area contributed by atoms with E-state index in [4.69, 9.17) is 16.9 Å². The lowest BCUT2D eigenvalue weighted by atomic mass is 10.2. The maximum absolute atomic E-state index is 12.2. The number of nitriles is 1. The molecule has 1 N–H and O–H groups in total. The van der Waals surface area contributed by atoms with E-state index in [1.807, 2.05) is 18.2 Å². The number of anilines is 1. The number of benzene rings is 2. The monoisotopic (exact) mass is 460 g/mol. The van der Waals surface area contributed by atoms with E-state index in [1.54, 1.807) is 24.3 Å². The quantitative estimate of drug-likeness (QED) is 0.652. The average Bonchev–Trinajstić information content (AvgIpc) is 2.43. The lowest BCUT2D eigenvalue weighted by Gasteiger charge is -2.08. The van der Waals surface area contributed by atoms with Gasteiger partial charge in [0.1, 0.15) is 6.07 Å². The fourth-order valence-electron chi connectivity index (χ4n) is 1.56. The van der Waals surface area contributed by atoms with Crippen molar-refractivity contribution in [2.45, 2.75) is 0 Å². The van der Waals surface area contributed by atoms with E-state index in [2.05, 4.69) is 43.8 Å². The van der Waals surface area contributed by atoms with Gasteiger partial charge in [0.25, 0.3) is 5.91 Å². The number of nitrogens with zero attached hydrogens (tertiary/aromatic N) is 1. The molecule has 20 heavy (non-hydrogen) atoms. The molecule has 0 aliphatic rings. The molecule has 0 fully saturated rings. The highest BCUT2D eigenvalue weighted by molar-refractivity contribution is 14.1. The molecule has 2 aromatic carbocycles. The Kier molecular flexibility index (Phi) is 5.02. The minimum atomic E-state index is -0.234. The number of hydrogen-bond donors (Lipinski definition) is 1. The van der Waals surface area contributed by atoms with E-state index in [9.17, 15) is 4.79 Å². The van der Waals surface area contributed by atoms with Gasteiger partial charge in [-0.05, 0) is 59.0 Å². The van der Waals surface area contributed by atoms with Gasteiger partial charge < -0.3 is 5.32 Å². The van der Waals surface area contributed by atoms with Gasteiger partial charge in [-0.15, -0.1) is 0 Å². The van der Waals surface area contributed by atoms with Crippen LogP contribution >= 0.6 is 50.1 Å². The van der Waals surface area contributed by atoms with Crippen LogP contribution in [-0.4, -0.2) is 5.91 Å². The van der Waals surface area contributed by atoms with Crippen LogP contribution in [-0.2, 0) is 0 Å². The molecule has 0 aliphatic carbocycles. The summed E-state index contributed by atoms with van der Waals surface area (Å²) in [6.45, 7) is 0. The van der Waals surface area contributed by atoms with Crippen molar-refractivity contribution in [3.8, 4) is 6.07 Å². The summed E-state index contributed by atoms with van der Waals surface area (Å²) in [6.07, 6.45) is 0. The van der Waals surface area contributed by atoms with Gasteiger partial charge in [-0.1, -0.05) is 27.5 Å². The number of amides is 1. The summed E-state index contributed by atoms with van der Waals surface area (Å²) in [5.41, 5.74) is 1.42. The van der Waals surface area contributed by atoms with Gasteiger partial charge in [0.2, 0.25) is 0 Å². The minimum absolute atomic E-state index is 0.234. The average molecular weight is 461 g/mol. The van der Waals surface area contributed by atoms with Gasteiger partial charge in [-0.3, -0.25) is 4.79 Å². The third-order valence-corrected chi connectivity index (χ3v) is 4.28.